The van der Waals surface area contributed by atoms with Gasteiger partial charge in [-0.05, 0) is 37.6 Å². The third-order valence-corrected chi connectivity index (χ3v) is 4.06. The maximum atomic E-state index is 12.7. The van der Waals surface area contributed by atoms with Crippen LogP contribution in [0.15, 0.2) is 65.2 Å². The smallest absolute Gasteiger partial charge is 0.254 e. The van der Waals surface area contributed by atoms with E-state index < -0.39 is 0 Å². The van der Waals surface area contributed by atoms with E-state index in [0.717, 1.165) is 16.7 Å². The van der Waals surface area contributed by atoms with Crippen LogP contribution in [0.3, 0.4) is 0 Å². The number of hydrogen-bond acceptors (Lipinski definition) is 5. The van der Waals surface area contributed by atoms with Gasteiger partial charge in [0.25, 0.3) is 5.91 Å². The third-order valence-electron chi connectivity index (χ3n) is 4.06. The van der Waals surface area contributed by atoms with Crippen molar-refractivity contribution in [2.24, 2.45) is 0 Å². The predicted octanol–water partition coefficient (Wildman–Crippen LogP) is 4.27. The van der Waals surface area contributed by atoms with E-state index in [4.69, 9.17) is 9.26 Å². The van der Waals surface area contributed by atoms with E-state index in [0.29, 0.717) is 29.6 Å². The average Bonchev–Trinajstić information content (AvgIpc) is 3.15. The summed E-state index contributed by atoms with van der Waals surface area (Å²) in [6.45, 7) is 8.34. The molecule has 6 heteroatoms. The minimum Gasteiger partial charge on any atom is -0.489 e. The van der Waals surface area contributed by atoms with Gasteiger partial charge in [0.2, 0.25) is 11.7 Å². The first-order valence-corrected chi connectivity index (χ1v) is 8.94. The molecule has 6 nitrogen and oxygen atoms in total. The number of carbonyl (C=O) groups is 1. The van der Waals surface area contributed by atoms with Gasteiger partial charge in [-0.3, -0.25) is 4.79 Å². The lowest BCUT2D eigenvalue weighted by Gasteiger charge is -2.15. The first-order valence-electron chi connectivity index (χ1n) is 8.94. The Balaban J connectivity index is 1.67. The lowest BCUT2D eigenvalue weighted by atomic mass is 10.1. The van der Waals surface area contributed by atoms with Crippen molar-refractivity contribution >= 4 is 5.91 Å². The van der Waals surface area contributed by atoms with Gasteiger partial charge in [0.1, 0.15) is 12.4 Å². The molecule has 0 atom stereocenters. The van der Waals surface area contributed by atoms with Crippen molar-refractivity contribution in [3.63, 3.8) is 0 Å². The van der Waals surface area contributed by atoms with Crippen LogP contribution in [-0.2, 0) is 6.54 Å². The summed E-state index contributed by atoms with van der Waals surface area (Å²) in [5.41, 5.74) is 3.47. The van der Waals surface area contributed by atoms with E-state index >= 15 is 0 Å². The summed E-state index contributed by atoms with van der Waals surface area (Å²) in [6, 6.07) is 14.9. The second-order valence-electron chi connectivity index (χ2n) is 6.81. The summed E-state index contributed by atoms with van der Waals surface area (Å²) < 4.78 is 10.9. The Morgan fingerprint density at radius 2 is 1.96 bits per heavy atom. The molecule has 0 spiro atoms. The number of carbonyl (C=O) groups excluding carboxylic acids is 1. The number of aryl methyl sites for hydroxylation is 1. The van der Waals surface area contributed by atoms with Crippen molar-refractivity contribution in [1.82, 2.24) is 15.0 Å². The van der Waals surface area contributed by atoms with Crippen LogP contribution in [0.5, 0.6) is 5.75 Å². The van der Waals surface area contributed by atoms with Crippen molar-refractivity contribution in [2.45, 2.75) is 20.4 Å². The van der Waals surface area contributed by atoms with Crippen LogP contribution in [0.25, 0.3) is 11.4 Å². The molecule has 0 saturated heterocycles. The standard InChI is InChI=1S/C22H23N3O3/c1-15(2)14-27-19-7-5-6-18(12-19)22(26)25(4)13-20-23-21(24-28-20)17-10-8-16(3)9-11-17/h5-12H,1,13-14H2,2-4H3. The molecule has 2 aromatic carbocycles. The molecule has 1 amide bonds. The molecule has 0 N–H and O–H groups in total. The van der Waals surface area contributed by atoms with Gasteiger partial charge in [0, 0.05) is 18.2 Å². The minimum atomic E-state index is -0.157. The van der Waals surface area contributed by atoms with Gasteiger partial charge in [0.05, 0.1) is 6.54 Å². The van der Waals surface area contributed by atoms with E-state index in [1.807, 2.05) is 44.2 Å². The van der Waals surface area contributed by atoms with Gasteiger partial charge in [-0.2, -0.15) is 4.98 Å². The van der Waals surface area contributed by atoms with Crippen LogP contribution in [0.4, 0.5) is 0 Å². The van der Waals surface area contributed by atoms with Crippen LogP contribution in [-0.4, -0.2) is 34.6 Å². The molecular formula is C22H23N3O3. The lowest BCUT2D eigenvalue weighted by molar-refractivity contribution is 0.0769. The fourth-order valence-corrected chi connectivity index (χ4v) is 2.56. The topological polar surface area (TPSA) is 68.5 Å². The molecule has 3 aromatic rings. The summed E-state index contributed by atoms with van der Waals surface area (Å²) in [6.07, 6.45) is 0. The van der Waals surface area contributed by atoms with E-state index in [2.05, 4.69) is 16.7 Å². The number of hydrogen-bond donors (Lipinski definition) is 0. The maximum Gasteiger partial charge on any atom is 0.254 e. The summed E-state index contributed by atoms with van der Waals surface area (Å²) in [7, 11) is 1.69. The van der Waals surface area contributed by atoms with Gasteiger partial charge in [-0.15, -0.1) is 0 Å². The molecule has 28 heavy (non-hydrogen) atoms. The molecule has 0 saturated carbocycles. The second-order valence-corrected chi connectivity index (χ2v) is 6.81. The molecule has 0 fully saturated rings. The first kappa shape index (κ1) is 19.4. The molecule has 0 unspecified atom stereocenters. The van der Waals surface area contributed by atoms with Crippen molar-refractivity contribution in [2.75, 3.05) is 13.7 Å². The van der Waals surface area contributed by atoms with E-state index in [-0.39, 0.29) is 12.5 Å². The number of aromatic nitrogens is 2. The first-order chi connectivity index (χ1) is 13.4. The molecule has 3 rings (SSSR count). The fraction of sp³-hybridized carbons (Fsp3) is 0.227. The quantitative estimate of drug-likeness (QED) is 0.575. The highest BCUT2D eigenvalue weighted by atomic mass is 16.5. The lowest BCUT2D eigenvalue weighted by Crippen LogP contribution is -2.26. The SMILES string of the molecule is C=C(C)COc1cccc(C(=O)N(C)Cc2nc(-c3ccc(C)cc3)no2)c1. The Hall–Kier alpha value is -3.41. The number of amides is 1. The van der Waals surface area contributed by atoms with Gasteiger partial charge in [-0.25, -0.2) is 0 Å². The van der Waals surface area contributed by atoms with E-state index in [9.17, 15) is 4.79 Å². The van der Waals surface area contributed by atoms with Crippen LogP contribution in [0, 0.1) is 6.92 Å². The molecule has 0 aliphatic carbocycles. The van der Waals surface area contributed by atoms with Crippen molar-refractivity contribution in [3.05, 3.63) is 77.7 Å². The van der Waals surface area contributed by atoms with E-state index in [1.165, 1.54) is 4.90 Å². The Morgan fingerprint density at radius 3 is 2.68 bits per heavy atom. The molecule has 0 aliphatic rings. The number of benzene rings is 2. The Labute approximate surface area is 164 Å². The Morgan fingerprint density at radius 1 is 1.21 bits per heavy atom. The largest absolute Gasteiger partial charge is 0.489 e. The van der Waals surface area contributed by atoms with Gasteiger partial charge in [-0.1, -0.05) is 47.6 Å². The fourth-order valence-electron chi connectivity index (χ4n) is 2.56. The zero-order valence-electron chi connectivity index (χ0n) is 16.3. The predicted molar refractivity (Wildman–Crippen MR) is 107 cm³/mol. The van der Waals surface area contributed by atoms with E-state index in [1.54, 1.807) is 25.2 Å². The number of nitrogens with zero attached hydrogens (tertiary/aromatic N) is 3. The van der Waals surface area contributed by atoms with Crippen molar-refractivity contribution in [1.29, 1.82) is 0 Å². The van der Waals surface area contributed by atoms with Crippen molar-refractivity contribution in [3.8, 4) is 17.1 Å². The summed E-state index contributed by atoms with van der Waals surface area (Å²) in [5.74, 6) is 1.35. The monoisotopic (exact) mass is 377 g/mol. The third kappa shape index (κ3) is 4.85. The average molecular weight is 377 g/mol. The molecule has 1 aromatic heterocycles. The molecule has 0 bridgehead atoms. The minimum absolute atomic E-state index is 0.157. The van der Waals surface area contributed by atoms with Crippen LogP contribution < -0.4 is 4.74 Å². The Kier molecular flexibility index (Phi) is 5.89. The normalized spacial score (nSPS) is 10.5. The zero-order valence-corrected chi connectivity index (χ0v) is 16.3. The van der Waals surface area contributed by atoms with Gasteiger partial charge >= 0.3 is 0 Å². The van der Waals surface area contributed by atoms with Crippen LogP contribution >= 0.6 is 0 Å². The highest BCUT2D eigenvalue weighted by Crippen LogP contribution is 2.18. The second kappa shape index (κ2) is 8.52. The molecule has 0 aliphatic heterocycles. The zero-order chi connectivity index (χ0) is 20.1. The van der Waals surface area contributed by atoms with Gasteiger partial charge < -0.3 is 14.2 Å². The summed E-state index contributed by atoms with van der Waals surface area (Å²) >= 11 is 0. The maximum absolute atomic E-state index is 12.7. The molecular weight excluding hydrogens is 354 g/mol. The van der Waals surface area contributed by atoms with Crippen LogP contribution in [0.2, 0.25) is 0 Å². The number of rotatable bonds is 7. The summed E-state index contributed by atoms with van der Waals surface area (Å²) in [5, 5.41) is 4.00. The molecule has 1 heterocycles. The highest BCUT2D eigenvalue weighted by Gasteiger charge is 2.17. The van der Waals surface area contributed by atoms with Gasteiger partial charge in [0.15, 0.2) is 0 Å². The molecule has 0 radical (unpaired) electrons. The van der Waals surface area contributed by atoms with Crippen molar-refractivity contribution < 1.29 is 14.1 Å². The number of ether oxygens (including phenoxy) is 1. The molecule has 144 valence electrons. The summed E-state index contributed by atoms with van der Waals surface area (Å²) in [4.78, 5) is 18.6. The Bertz CT molecular complexity index is 977. The highest BCUT2D eigenvalue weighted by molar-refractivity contribution is 5.94. The van der Waals surface area contributed by atoms with Crippen LogP contribution in [0.1, 0.15) is 28.7 Å².